The lowest BCUT2D eigenvalue weighted by molar-refractivity contribution is -0.116. The van der Waals surface area contributed by atoms with Crippen molar-refractivity contribution in [3.63, 3.8) is 0 Å². The highest BCUT2D eigenvalue weighted by Gasteiger charge is 2.08. The van der Waals surface area contributed by atoms with Crippen molar-refractivity contribution in [2.24, 2.45) is 0 Å². The molecular weight excluding hydrogens is 424 g/mol. The van der Waals surface area contributed by atoms with Crippen LogP contribution in [0.25, 0.3) is 10.2 Å². The van der Waals surface area contributed by atoms with Crippen molar-refractivity contribution in [3.8, 4) is 5.75 Å². The highest BCUT2D eigenvalue weighted by Crippen LogP contribution is 2.25. The number of carbonyl (C=O) groups excluding carboxylic acids is 1. The minimum atomic E-state index is -0.606. The van der Waals surface area contributed by atoms with Crippen LogP contribution in [0, 0.1) is 20.8 Å². The van der Waals surface area contributed by atoms with Crippen molar-refractivity contribution in [1.82, 2.24) is 15.6 Å². The van der Waals surface area contributed by atoms with Crippen LogP contribution in [0.3, 0.4) is 0 Å². The number of para-hydroxylation sites is 1. The Morgan fingerprint density at radius 3 is 2.62 bits per heavy atom. The molecule has 1 heterocycles. The Labute approximate surface area is 193 Å². The van der Waals surface area contributed by atoms with Gasteiger partial charge in [-0.15, -0.1) is 11.3 Å². The number of aromatic nitrogens is 1. The van der Waals surface area contributed by atoms with Crippen molar-refractivity contribution in [1.29, 1.82) is 0 Å². The average molecular weight is 457 g/mol. The lowest BCUT2D eigenvalue weighted by Gasteiger charge is -2.14. The molecule has 0 fully saturated rings. The zero-order valence-electron chi connectivity index (χ0n) is 18.9. The zero-order chi connectivity index (χ0) is 22.9. The number of nitrogens with zero attached hydrogens (tertiary/aromatic N) is 1. The van der Waals surface area contributed by atoms with Crippen LogP contribution in [0.1, 0.15) is 22.6 Å². The van der Waals surface area contributed by atoms with Crippen LogP contribution in [0.15, 0.2) is 36.4 Å². The molecule has 0 spiro atoms. The second-order valence-corrected chi connectivity index (χ2v) is 9.08. The van der Waals surface area contributed by atoms with Crippen LogP contribution in [0.4, 0.5) is 5.69 Å². The van der Waals surface area contributed by atoms with Crippen LogP contribution < -0.4 is 20.7 Å². The molecule has 0 bridgehead atoms. The number of anilines is 1. The Bertz CT molecular complexity index is 1020. The van der Waals surface area contributed by atoms with Crippen molar-refractivity contribution in [2.45, 2.75) is 33.3 Å². The molecule has 1 unspecified atom stereocenters. The number of benzene rings is 2. The lowest BCUT2D eigenvalue weighted by Crippen LogP contribution is -2.36. The largest absolute Gasteiger partial charge is 0.491 e. The molecule has 0 aliphatic heterocycles. The number of aryl methyl sites for hydroxylation is 3. The van der Waals surface area contributed by atoms with E-state index in [2.05, 4.69) is 20.9 Å². The predicted octanol–water partition coefficient (Wildman–Crippen LogP) is 3.17. The van der Waals surface area contributed by atoms with E-state index in [1.165, 1.54) is 0 Å². The van der Waals surface area contributed by atoms with Crippen LogP contribution in [0.2, 0.25) is 0 Å². The minimum Gasteiger partial charge on any atom is -0.491 e. The topological polar surface area (TPSA) is 95.5 Å². The van der Waals surface area contributed by atoms with Gasteiger partial charge in [0.2, 0.25) is 5.91 Å². The van der Waals surface area contributed by atoms with Crippen molar-refractivity contribution >= 4 is 33.1 Å². The van der Waals surface area contributed by atoms with Gasteiger partial charge in [0, 0.05) is 44.4 Å². The van der Waals surface area contributed by atoms with Gasteiger partial charge >= 0.3 is 0 Å². The molecule has 2 aromatic carbocycles. The maximum Gasteiger partial charge on any atom is 0.225 e. The van der Waals surface area contributed by atoms with E-state index in [0.29, 0.717) is 38.3 Å². The Kier molecular flexibility index (Phi) is 8.99. The average Bonchev–Trinajstić information content (AvgIpc) is 3.13. The number of amides is 1. The van der Waals surface area contributed by atoms with Gasteiger partial charge in [-0.2, -0.15) is 0 Å². The van der Waals surface area contributed by atoms with Gasteiger partial charge in [0.25, 0.3) is 0 Å². The lowest BCUT2D eigenvalue weighted by atomic mass is 10.1. The Morgan fingerprint density at radius 1 is 1.09 bits per heavy atom. The summed E-state index contributed by atoms with van der Waals surface area (Å²) in [5.41, 5.74) is 3.96. The fraction of sp³-hybridized carbons (Fsp3) is 0.417. The van der Waals surface area contributed by atoms with Gasteiger partial charge in [0.05, 0.1) is 15.2 Å². The smallest absolute Gasteiger partial charge is 0.225 e. The highest BCUT2D eigenvalue weighted by atomic mass is 32.1. The van der Waals surface area contributed by atoms with E-state index in [1.807, 2.05) is 57.2 Å². The van der Waals surface area contributed by atoms with Crippen LogP contribution in [-0.2, 0) is 4.79 Å². The molecule has 4 N–H and O–H groups in total. The van der Waals surface area contributed by atoms with Gasteiger partial charge in [0.15, 0.2) is 0 Å². The summed E-state index contributed by atoms with van der Waals surface area (Å²) in [7, 11) is 0. The normalized spacial score (nSPS) is 12.1. The molecule has 172 valence electrons. The number of nitrogens with one attached hydrogen (secondary N) is 3. The SMILES string of the molecule is Cc1nc2cc(OCC(O)CNCCNCCC(=O)Nc3c(C)cccc3C)ccc2s1. The molecule has 0 saturated carbocycles. The molecule has 7 nitrogen and oxygen atoms in total. The van der Waals surface area contributed by atoms with Crippen LogP contribution in [-0.4, -0.2) is 54.9 Å². The van der Waals surface area contributed by atoms with E-state index in [0.717, 1.165) is 32.0 Å². The third-order valence-electron chi connectivity index (χ3n) is 5.04. The summed E-state index contributed by atoms with van der Waals surface area (Å²) in [6.45, 7) is 8.63. The van der Waals surface area contributed by atoms with Crippen molar-refractivity contribution < 1.29 is 14.6 Å². The number of fused-ring (bicyclic) bond motifs is 1. The highest BCUT2D eigenvalue weighted by molar-refractivity contribution is 7.18. The molecular formula is C24H32N4O3S. The van der Waals surface area contributed by atoms with Crippen molar-refractivity contribution in [3.05, 3.63) is 52.5 Å². The van der Waals surface area contributed by atoms with E-state index in [4.69, 9.17) is 4.74 Å². The Morgan fingerprint density at radius 2 is 1.84 bits per heavy atom. The number of aliphatic hydroxyl groups excluding tert-OH is 1. The maximum absolute atomic E-state index is 12.1. The molecule has 3 rings (SSSR count). The Hall–Kier alpha value is -2.52. The second kappa shape index (κ2) is 11.9. The summed E-state index contributed by atoms with van der Waals surface area (Å²) in [5, 5.41) is 20.6. The number of hydrogen-bond acceptors (Lipinski definition) is 7. The molecule has 3 aromatic rings. The minimum absolute atomic E-state index is 0.00132. The van der Waals surface area contributed by atoms with Crippen LogP contribution in [0.5, 0.6) is 5.75 Å². The molecule has 8 heteroatoms. The summed E-state index contributed by atoms with van der Waals surface area (Å²) < 4.78 is 6.82. The number of rotatable bonds is 12. The van der Waals surface area contributed by atoms with Gasteiger partial charge in [-0.25, -0.2) is 4.98 Å². The van der Waals surface area contributed by atoms with E-state index in [-0.39, 0.29) is 12.5 Å². The monoisotopic (exact) mass is 456 g/mol. The summed E-state index contributed by atoms with van der Waals surface area (Å²) in [5.74, 6) is 0.712. The first-order chi connectivity index (χ1) is 15.4. The summed E-state index contributed by atoms with van der Waals surface area (Å²) in [6, 6.07) is 11.8. The number of hydrogen-bond donors (Lipinski definition) is 4. The van der Waals surface area contributed by atoms with Crippen molar-refractivity contribution in [2.75, 3.05) is 38.1 Å². The summed E-state index contributed by atoms with van der Waals surface area (Å²) in [6.07, 6.45) is -0.196. The molecule has 1 aromatic heterocycles. The fourth-order valence-electron chi connectivity index (χ4n) is 3.35. The van der Waals surface area contributed by atoms with Gasteiger partial charge in [-0.1, -0.05) is 18.2 Å². The van der Waals surface area contributed by atoms with Gasteiger partial charge in [-0.05, 0) is 44.0 Å². The van der Waals surface area contributed by atoms with Crippen LogP contribution >= 0.6 is 11.3 Å². The molecule has 1 amide bonds. The molecule has 1 atom stereocenters. The summed E-state index contributed by atoms with van der Waals surface area (Å²) in [4.78, 5) is 16.6. The van der Waals surface area contributed by atoms with Gasteiger partial charge in [-0.3, -0.25) is 4.79 Å². The third-order valence-corrected chi connectivity index (χ3v) is 5.99. The number of ether oxygens (including phenoxy) is 1. The number of thiazole rings is 1. The third kappa shape index (κ3) is 7.27. The van der Waals surface area contributed by atoms with Gasteiger partial charge < -0.3 is 25.8 Å². The van der Waals surface area contributed by atoms with E-state index >= 15 is 0 Å². The molecule has 0 aliphatic carbocycles. The predicted molar refractivity (Wildman–Crippen MR) is 131 cm³/mol. The second-order valence-electron chi connectivity index (χ2n) is 7.85. The first-order valence-corrected chi connectivity index (χ1v) is 11.7. The van der Waals surface area contributed by atoms with E-state index < -0.39 is 6.10 Å². The number of aliphatic hydroxyl groups is 1. The summed E-state index contributed by atoms with van der Waals surface area (Å²) >= 11 is 1.65. The number of carbonyl (C=O) groups is 1. The van der Waals surface area contributed by atoms with E-state index in [1.54, 1.807) is 11.3 Å². The van der Waals surface area contributed by atoms with E-state index in [9.17, 15) is 9.90 Å². The molecule has 32 heavy (non-hydrogen) atoms. The first kappa shape index (κ1) is 24.1. The fourth-order valence-corrected chi connectivity index (χ4v) is 4.16. The molecule has 0 aliphatic rings. The quantitative estimate of drug-likeness (QED) is 0.313. The standard InChI is InChI=1S/C24H32N4O3S/c1-16-5-4-6-17(2)24(16)28-23(30)9-10-25-11-12-26-14-19(29)15-31-20-7-8-22-21(13-20)27-18(3)32-22/h4-8,13,19,25-26,29H,9-12,14-15H2,1-3H3,(H,28,30). The van der Waals surface area contributed by atoms with Gasteiger partial charge in [0.1, 0.15) is 18.5 Å². The first-order valence-electron chi connectivity index (χ1n) is 10.9. The molecule has 0 radical (unpaired) electrons. The molecule has 0 saturated heterocycles. The maximum atomic E-state index is 12.1. The Balaban J connectivity index is 1.24. The zero-order valence-corrected chi connectivity index (χ0v) is 19.7.